The van der Waals surface area contributed by atoms with Gasteiger partial charge in [-0.05, 0) is 5.56 Å². The van der Waals surface area contributed by atoms with Crippen molar-refractivity contribution in [1.29, 1.82) is 0 Å². The number of ether oxygens (including phenoxy) is 1. The number of morpholine rings is 1. The maximum atomic E-state index is 5.86. The number of benzene rings is 1. The molecule has 4 nitrogen and oxygen atoms in total. The average molecular weight is 312 g/mol. The van der Waals surface area contributed by atoms with Crippen molar-refractivity contribution >= 4 is 28.9 Å². The minimum atomic E-state index is 0. The third-order valence-corrected chi connectivity index (χ3v) is 4.08. The maximum Gasteiger partial charge on any atom is 0.180 e. The first kappa shape index (κ1) is 15.3. The predicted octanol–water partition coefficient (Wildman–Crippen LogP) is 2.72. The van der Waals surface area contributed by atoms with Crippen LogP contribution in [0.15, 0.2) is 36.5 Å². The van der Waals surface area contributed by atoms with Crippen LogP contribution in [0.5, 0.6) is 0 Å². The van der Waals surface area contributed by atoms with E-state index in [0.717, 1.165) is 26.2 Å². The van der Waals surface area contributed by atoms with Gasteiger partial charge in [-0.15, -0.1) is 23.7 Å². The second kappa shape index (κ2) is 7.04. The van der Waals surface area contributed by atoms with E-state index in [1.807, 2.05) is 12.3 Å². The number of hydrogen-bond donors (Lipinski definition) is 1. The Balaban J connectivity index is 0.00000147. The zero-order valence-corrected chi connectivity index (χ0v) is 12.7. The van der Waals surface area contributed by atoms with Crippen LogP contribution in [-0.4, -0.2) is 29.6 Å². The van der Waals surface area contributed by atoms with Crippen LogP contribution in [0.2, 0.25) is 0 Å². The molecule has 2 N–H and O–H groups in total. The van der Waals surface area contributed by atoms with Crippen LogP contribution < -0.4 is 5.73 Å². The van der Waals surface area contributed by atoms with Crippen LogP contribution in [-0.2, 0) is 11.3 Å². The fourth-order valence-electron chi connectivity index (χ4n) is 2.33. The van der Waals surface area contributed by atoms with Crippen LogP contribution in [0.4, 0.5) is 5.13 Å². The number of hydrogen-bond acceptors (Lipinski definition) is 5. The molecule has 1 unspecified atom stereocenters. The third kappa shape index (κ3) is 3.70. The van der Waals surface area contributed by atoms with Gasteiger partial charge in [-0.2, -0.15) is 0 Å². The molecule has 1 atom stereocenters. The van der Waals surface area contributed by atoms with Crippen LogP contribution in [0.1, 0.15) is 16.5 Å². The summed E-state index contributed by atoms with van der Waals surface area (Å²) in [6.45, 7) is 3.55. The van der Waals surface area contributed by atoms with E-state index >= 15 is 0 Å². The fraction of sp³-hybridized carbons (Fsp3) is 0.357. The Hall–Kier alpha value is -1.14. The molecule has 1 aromatic heterocycles. The largest absolute Gasteiger partial charge is 0.375 e. The van der Waals surface area contributed by atoms with Crippen LogP contribution in [0, 0.1) is 0 Å². The Kier molecular flexibility index (Phi) is 5.37. The summed E-state index contributed by atoms with van der Waals surface area (Å²) < 4.78 is 5.86. The molecule has 0 spiro atoms. The monoisotopic (exact) mass is 311 g/mol. The van der Waals surface area contributed by atoms with E-state index in [1.165, 1.54) is 10.4 Å². The van der Waals surface area contributed by atoms with Gasteiger partial charge in [-0.3, -0.25) is 4.90 Å². The Morgan fingerprint density at radius 2 is 2.15 bits per heavy atom. The number of nitrogens with two attached hydrogens (primary N) is 1. The summed E-state index contributed by atoms with van der Waals surface area (Å²) in [5, 5.41) is 0.642. The fourth-order valence-corrected chi connectivity index (χ4v) is 3.06. The summed E-state index contributed by atoms with van der Waals surface area (Å²) in [7, 11) is 0. The predicted molar refractivity (Wildman–Crippen MR) is 84.2 cm³/mol. The summed E-state index contributed by atoms with van der Waals surface area (Å²) >= 11 is 1.56. The molecular formula is C14H18ClN3OS. The van der Waals surface area contributed by atoms with E-state index < -0.39 is 0 Å². The summed E-state index contributed by atoms with van der Waals surface area (Å²) in [4.78, 5) is 7.71. The Bertz CT molecular complexity index is 534. The highest BCUT2D eigenvalue weighted by Gasteiger charge is 2.22. The lowest BCUT2D eigenvalue weighted by Gasteiger charge is -2.32. The second-order valence-corrected chi connectivity index (χ2v) is 5.82. The van der Waals surface area contributed by atoms with Gasteiger partial charge < -0.3 is 10.5 Å². The van der Waals surface area contributed by atoms with Gasteiger partial charge in [0.25, 0.3) is 0 Å². The first-order chi connectivity index (χ1) is 9.31. The topological polar surface area (TPSA) is 51.4 Å². The molecule has 1 fully saturated rings. The minimum Gasteiger partial charge on any atom is -0.375 e. The summed E-state index contributed by atoms with van der Waals surface area (Å²) in [5.41, 5.74) is 6.91. The molecule has 3 rings (SSSR count). The highest BCUT2D eigenvalue weighted by atomic mass is 35.5. The van der Waals surface area contributed by atoms with E-state index in [0.29, 0.717) is 5.13 Å². The average Bonchev–Trinajstić information content (AvgIpc) is 2.85. The normalized spacial score (nSPS) is 19.5. The Morgan fingerprint density at radius 1 is 1.35 bits per heavy atom. The molecule has 1 aliphatic rings. The molecule has 1 aromatic carbocycles. The highest BCUT2D eigenvalue weighted by Crippen LogP contribution is 2.24. The lowest BCUT2D eigenvalue weighted by molar-refractivity contribution is -0.0326. The lowest BCUT2D eigenvalue weighted by Crippen LogP contribution is -2.37. The minimum absolute atomic E-state index is 0. The van der Waals surface area contributed by atoms with Gasteiger partial charge in [-0.1, -0.05) is 30.3 Å². The Morgan fingerprint density at radius 3 is 2.85 bits per heavy atom. The number of rotatable bonds is 3. The number of thiazole rings is 1. The summed E-state index contributed by atoms with van der Waals surface area (Å²) in [6.07, 6.45) is 2.03. The van der Waals surface area contributed by atoms with Crippen LogP contribution in [0.3, 0.4) is 0 Å². The molecular weight excluding hydrogens is 294 g/mol. The quantitative estimate of drug-likeness (QED) is 0.947. The van der Waals surface area contributed by atoms with Crippen molar-refractivity contribution in [1.82, 2.24) is 9.88 Å². The van der Waals surface area contributed by atoms with Crippen molar-refractivity contribution in [2.75, 3.05) is 25.4 Å². The van der Waals surface area contributed by atoms with Gasteiger partial charge in [0.2, 0.25) is 0 Å². The molecule has 1 saturated heterocycles. The molecule has 0 aliphatic carbocycles. The summed E-state index contributed by atoms with van der Waals surface area (Å²) in [6, 6.07) is 10.4. The van der Waals surface area contributed by atoms with Gasteiger partial charge in [0.15, 0.2) is 5.13 Å². The van der Waals surface area contributed by atoms with Crippen molar-refractivity contribution in [2.45, 2.75) is 12.6 Å². The molecule has 20 heavy (non-hydrogen) atoms. The van der Waals surface area contributed by atoms with Gasteiger partial charge in [0.1, 0.15) is 0 Å². The zero-order chi connectivity index (χ0) is 13.1. The van der Waals surface area contributed by atoms with Crippen LogP contribution >= 0.6 is 23.7 Å². The van der Waals surface area contributed by atoms with Gasteiger partial charge >= 0.3 is 0 Å². The SMILES string of the molecule is Cl.Nc1ncc(CN2CCOC(c3ccccc3)C2)s1. The van der Waals surface area contributed by atoms with E-state index in [1.54, 1.807) is 11.3 Å². The second-order valence-electron chi connectivity index (χ2n) is 4.67. The van der Waals surface area contributed by atoms with Crippen molar-refractivity contribution in [3.8, 4) is 0 Å². The summed E-state index contributed by atoms with van der Waals surface area (Å²) in [5.74, 6) is 0. The third-order valence-electron chi connectivity index (χ3n) is 3.27. The molecule has 0 amide bonds. The number of nitrogen functional groups attached to an aromatic ring is 1. The molecule has 2 aromatic rings. The van der Waals surface area contributed by atoms with E-state index in [-0.39, 0.29) is 18.5 Å². The van der Waals surface area contributed by atoms with E-state index in [2.05, 4.69) is 34.1 Å². The van der Waals surface area contributed by atoms with E-state index in [4.69, 9.17) is 10.5 Å². The number of anilines is 1. The molecule has 6 heteroatoms. The van der Waals surface area contributed by atoms with Crippen LogP contribution in [0.25, 0.3) is 0 Å². The number of nitrogens with zero attached hydrogens (tertiary/aromatic N) is 2. The lowest BCUT2D eigenvalue weighted by atomic mass is 10.1. The van der Waals surface area contributed by atoms with Crippen molar-refractivity contribution in [2.24, 2.45) is 0 Å². The smallest absolute Gasteiger partial charge is 0.180 e. The van der Waals surface area contributed by atoms with Crippen molar-refractivity contribution in [3.05, 3.63) is 47.0 Å². The zero-order valence-electron chi connectivity index (χ0n) is 11.1. The van der Waals surface area contributed by atoms with Gasteiger partial charge in [0, 0.05) is 30.7 Å². The number of aromatic nitrogens is 1. The van der Waals surface area contributed by atoms with Gasteiger partial charge in [-0.25, -0.2) is 4.98 Å². The first-order valence-electron chi connectivity index (χ1n) is 6.40. The number of halogens is 1. The Labute approximate surface area is 129 Å². The van der Waals surface area contributed by atoms with E-state index in [9.17, 15) is 0 Å². The maximum absolute atomic E-state index is 5.86. The molecule has 0 saturated carbocycles. The standard InChI is InChI=1S/C14H17N3OS.ClH/c15-14-16-8-12(19-14)9-17-6-7-18-13(10-17)11-4-2-1-3-5-11;/h1-5,8,13H,6-7,9-10H2,(H2,15,16);1H. The highest BCUT2D eigenvalue weighted by molar-refractivity contribution is 7.15. The molecule has 1 aliphatic heterocycles. The molecule has 2 heterocycles. The van der Waals surface area contributed by atoms with Gasteiger partial charge in [0.05, 0.1) is 12.7 Å². The van der Waals surface area contributed by atoms with Crippen molar-refractivity contribution < 1.29 is 4.74 Å². The first-order valence-corrected chi connectivity index (χ1v) is 7.22. The molecule has 0 radical (unpaired) electrons. The molecule has 108 valence electrons. The molecule has 0 bridgehead atoms. The van der Waals surface area contributed by atoms with Crippen molar-refractivity contribution in [3.63, 3.8) is 0 Å².